The average molecular weight is 256 g/mol. The van der Waals surface area contributed by atoms with E-state index in [1.807, 2.05) is 0 Å². The fourth-order valence-electron chi connectivity index (χ4n) is 1.60. The van der Waals surface area contributed by atoms with Gasteiger partial charge in [0.25, 0.3) is 0 Å². The van der Waals surface area contributed by atoms with E-state index in [1.165, 1.54) is 0 Å². The summed E-state index contributed by atoms with van der Waals surface area (Å²) >= 11 is 0. The van der Waals surface area contributed by atoms with Gasteiger partial charge in [0, 0.05) is 11.6 Å². The fourth-order valence-corrected chi connectivity index (χ4v) is 1.60. The van der Waals surface area contributed by atoms with E-state index in [9.17, 15) is 18.4 Å². The Morgan fingerprint density at radius 1 is 1.17 bits per heavy atom. The van der Waals surface area contributed by atoms with E-state index in [0.29, 0.717) is 6.07 Å². The second-order valence-electron chi connectivity index (χ2n) is 3.74. The minimum absolute atomic E-state index is 0.153. The maximum atomic E-state index is 13.0. The molecule has 0 N–H and O–H groups in total. The summed E-state index contributed by atoms with van der Waals surface area (Å²) in [6.07, 6.45) is 0.218. The first-order chi connectivity index (χ1) is 8.49. The molecule has 0 fully saturated rings. The molecule has 98 valence electrons. The van der Waals surface area contributed by atoms with E-state index in [-0.39, 0.29) is 18.6 Å². The van der Waals surface area contributed by atoms with Gasteiger partial charge in [-0.25, -0.2) is 8.78 Å². The van der Waals surface area contributed by atoms with E-state index < -0.39 is 29.3 Å². The SMILES string of the molecule is CCOC(=O)C(CC)C(=O)c1cc(F)cc(F)c1. The van der Waals surface area contributed by atoms with E-state index >= 15 is 0 Å². The molecular formula is C13H14F2O3. The average Bonchev–Trinajstić information content (AvgIpc) is 2.28. The van der Waals surface area contributed by atoms with Gasteiger partial charge >= 0.3 is 5.97 Å². The van der Waals surface area contributed by atoms with Gasteiger partial charge in [-0.2, -0.15) is 0 Å². The summed E-state index contributed by atoms with van der Waals surface area (Å²) in [4.78, 5) is 23.5. The molecule has 5 heteroatoms. The molecule has 0 aliphatic heterocycles. The van der Waals surface area contributed by atoms with E-state index in [4.69, 9.17) is 4.74 Å². The quantitative estimate of drug-likeness (QED) is 0.462. The molecule has 0 bridgehead atoms. The molecule has 0 amide bonds. The Labute approximate surface area is 104 Å². The maximum absolute atomic E-state index is 13.0. The van der Waals surface area contributed by atoms with Crippen LogP contribution >= 0.6 is 0 Å². The summed E-state index contributed by atoms with van der Waals surface area (Å²) in [5, 5.41) is 0. The minimum atomic E-state index is -1.02. The van der Waals surface area contributed by atoms with Gasteiger partial charge in [0.15, 0.2) is 5.78 Å². The van der Waals surface area contributed by atoms with Crippen molar-refractivity contribution in [3.63, 3.8) is 0 Å². The van der Waals surface area contributed by atoms with Crippen LogP contribution in [0.15, 0.2) is 18.2 Å². The first kappa shape index (κ1) is 14.3. The van der Waals surface area contributed by atoms with Crippen LogP contribution in [-0.4, -0.2) is 18.4 Å². The number of ether oxygens (including phenoxy) is 1. The van der Waals surface area contributed by atoms with Gasteiger partial charge in [-0.05, 0) is 25.5 Å². The Morgan fingerprint density at radius 2 is 1.72 bits per heavy atom. The summed E-state index contributed by atoms with van der Waals surface area (Å²) in [6, 6.07) is 2.49. The summed E-state index contributed by atoms with van der Waals surface area (Å²) in [7, 11) is 0. The van der Waals surface area contributed by atoms with Crippen molar-refractivity contribution in [1.82, 2.24) is 0 Å². The van der Waals surface area contributed by atoms with E-state index in [0.717, 1.165) is 12.1 Å². The molecule has 0 aromatic heterocycles. The molecule has 1 unspecified atom stereocenters. The largest absolute Gasteiger partial charge is 0.465 e. The minimum Gasteiger partial charge on any atom is -0.465 e. The Kier molecular flexibility index (Phi) is 4.95. The van der Waals surface area contributed by atoms with Crippen LogP contribution in [0.25, 0.3) is 0 Å². The highest BCUT2D eigenvalue weighted by atomic mass is 19.1. The molecule has 0 saturated carbocycles. The van der Waals surface area contributed by atoms with E-state index in [2.05, 4.69) is 0 Å². The van der Waals surface area contributed by atoms with Crippen LogP contribution in [0.2, 0.25) is 0 Å². The van der Waals surface area contributed by atoms with Crippen molar-refractivity contribution in [3.05, 3.63) is 35.4 Å². The number of rotatable bonds is 5. The number of carbonyl (C=O) groups excluding carboxylic acids is 2. The molecule has 0 saturated heterocycles. The van der Waals surface area contributed by atoms with Crippen LogP contribution in [0.1, 0.15) is 30.6 Å². The van der Waals surface area contributed by atoms with Crippen molar-refractivity contribution in [1.29, 1.82) is 0 Å². The number of hydrogen-bond donors (Lipinski definition) is 0. The van der Waals surface area contributed by atoms with Gasteiger partial charge in [0.05, 0.1) is 6.61 Å². The summed E-state index contributed by atoms with van der Waals surface area (Å²) in [6.45, 7) is 3.41. The Hall–Kier alpha value is -1.78. The molecule has 1 aromatic carbocycles. The molecule has 0 radical (unpaired) electrons. The van der Waals surface area contributed by atoms with Crippen molar-refractivity contribution in [2.24, 2.45) is 5.92 Å². The zero-order valence-corrected chi connectivity index (χ0v) is 10.2. The number of benzene rings is 1. The number of hydrogen-bond acceptors (Lipinski definition) is 3. The lowest BCUT2D eigenvalue weighted by atomic mass is 9.95. The maximum Gasteiger partial charge on any atom is 0.316 e. The third-order valence-electron chi connectivity index (χ3n) is 2.44. The second kappa shape index (κ2) is 6.23. The van der Waals surface area contributed by atoms with Crippen LogP contribution in [0.4, 0.5) is 8.78 Å². The van der Waals surface area contributed by atoms with Crippen LogP contribution in [-0.2, 0) is 9.53 Å². The zero-order valence-electron chi connectivity index (χ0n) is 10.2. The van der Waals surface area contributed by atoms with Gasteiger partial charge in [0.1, 0.15) is 17.6 Å². The smallest absolute Gasteiger partial charge is 0.316 e. The van der Waals surface area contributed by atoms with Gasteiger partial charge in [-0.1, -0.05) is 6.92 Å². The number of halogens is 2. The lowest BCUT2D eigenvalue weighted by molar-refractivity contribution is -0.146. The van der Waals surface area contributed by atoms with Crippen molar-refractivity contribution < 1.29 is 23.1 Å². The first-order valence-electron chi connectivity index (χ1n) is 5.66. The summed E-state index contributed by atoms with van der Waals surface area (Å²) in [5.41, 5.74) is -0.160. The highest BCUT2D eigenvalue weighted by molar-refractivity contribution is 6.08. The molecular weight excluding hydrogens is 242 g/mol. The van der Waals surface area contributed by atoms with Crippen LogP contribution < -0.4 is 0 Å². The van der Waals surface area contributed by atoms with Crippen molar-refractivity contribution >= 4 is 11.8 Å². The monoisotopic (exact) mass is 256 g/mol. The third kappa shape index (κ3) is 3.35. The fraction of sp³-hybridized carbons (Fsp3) is 0.385. The van der Waals surface area contributed by atoms with Gasteiger partial charge in [0.2, 0.25) is 0 Å². The van der Waals surface area contributed by atoms with Gasteiger partial charge < -0.3 is 4.74 Å². The predicted molar refractivity (Wildman–Crippen MR) is 61.1 cm³/mol. The standard InChI is InChI=1S/C13H14F2O3/c1-3-11(13(17)18-4-2)12(16)8-5-9(14)7-10(15)6-8/h5-7,11H,3-4H2,1-2H3. The lowest BCUT2D eigenvalue weighted by Crippen LogP contribution is -2.26. The molecule has 1 rings (SSSR count). The third-order valence-corrected chi connectivity index (χ3v) is 2.44. The Balaban J connectivity index is 2.99. The Bertz CT molecular complexity index is 437. The highest BCUT2D eigenvalue weighted by Crippen LogP contribution is 2.16. The summed E-state index contributed by atoms with van der Waals surface area (Å²) < 4.78 is 30.7. The highest BCUT2D eigenvalue weighted by Gasteiger charge is 2.27. The van der Waals surface area contributed by atoms with Crippen LogP contribution in [0.3, 0.4) is 0 Å². The van der Waals surface area contributed by atoms with Crippen molar-refractivity contribution in [2.75, 3.05) is 6.61 Å². The number of carbonyl (C=O) groups is 2. The van der Waals surface area contributed by atoms with Gasteiger partial charge in [-0.15, -0.1) is 0 Å². The molecule has 0 spiro atoms. The first-order valence-corrected chi connectivity index (χ1v) is 5.66. The van der Waals surface area contributed by atoms with E-state index in [1.54, 1.807) is 13.8 Å². The number of ketones is 1. The lowest BCUT2D eigenvalue weighted by Gasteiger charge is -2.12. The topological polar surface area (TPSA) is 43.4 Å². The van der Waals surface area contributed by atoms with Crippen molar-refractivity contribution in [3.8, 4) is 0 Å². The zero-order chi connectivity index (χ0) is 13.7. The molecule has 0 aliphatic carbocycles. The van der Waals surface area contributed by atoms with Crippen LogP contribution in [0.5, 0.6) is 0 Å². The summed E-state index contributed by atoms with van der Waals surface area (Å²) in [5.74, 6) is -4.02. The second-order valence-corrected chi connectivity index (χ2v) is 3.74. The molecule has 0 heterocycles. The normalized spacial score (nSPS) is 12.0. The predicted octanol–water partition coefficient (Wildman–Crippen LogP) is 2.74. The number of esters is 1. The molecule has 3 nitrogen and oxygen atoms in total. The van der Waals surface area contributed by atoms with Crippen LogP contribution in [0, 0.1) is 17.6 Å². The Morgan fingerprint density at radius 3 is 2.17 bits per heavy atom. The van der Waals surface area contributed by atoms with Crippen molar-refractivity contribution in [2.45, 2.75) is 20.3 Å². The molecule has 0 aliphatic rings. The molecule has 1 atom stereocenters. The van der Waals surface area contributed by atoms with Gasteiger partial charge in [-0.3, -0.25) is 9.59 Å². The number of Topliss-reactive ketones (excluding diaryl/α,β-unsaturated/α-hetero) is 1. The molecule has 1 aromatic rings. The molecule has 18 heavy (non-hydrogen) atoms.